The first-order valence-corrected chi connectivity index (χ1v) is 6.70. The van der Waals surface area contributed by atoms with Crippen LogP contribution in [0.1, 0.15) is 13.3 Å². The lowest BCUT2D eigenvalue weighted by Gasteiger charge is -2.26. The highest BCUT2D eigenvalue weighted by atomic mass is 35.5. The Morgan fingerprint density at radius 1 is 1.53 bits per heavy atom. The maximum atomic E-state index is 6.08. The Bertz CT molecular complexity index is 424. The molecule has 0 amide bonds. The largest absolute Gasteiger partial charge is 0.378 e. The molecule has 7 heteroatoms. The summed E-state index contributed by atoms with van der Waals surface area (Å²) in [5, 5.41) is 6.76. The van der Waals surface area contributed by atoms with Crippen molar-refractivity contribution in [1.82, 2.24) is 9.97 Å². The van der Waals surface area contributed by atoms with Crippen molar-refractivity contribution in [1.29, 1.82) is 0 Å². The van der Waals surface area contributed by atoms with Crippen LogP contribution >= 0.6 is 11.6 Å². The molecule has 2 N–H and O–H groups in total. The van der Waals surface area contributed by atoms with Gasteiger partial charge in [-0.3, -0.25) is 0 Å². The second kappa shape index (κ2) is 6.36. The zero-order valence-electron chi connectivity index (χ0n) is 11.2. The average molecular weight is 287 g/mol. The SMILES string of the molecule is CCNc1ncc(Cl)c(NCC2(OC)CCOC2)n1. The van der Waals surface area contributed by atoms with Gasteiger partial charge in [-0.1, -0.05) is 11.6 Å². The summed E-state index contributed by atoms with van der Waals surface area (Å²) in [6, 6.07) is 0. The molecule has 1 saturated heterocycles. The Hall–Kier alpha value is -1.11. The standard InChI is InChI=1S/C12H19ClN4O2/c1-3-14-11-15-6-9(13)10(17-11)16-7-12(18-2)4-5-19-8-12/h6H,3-5,7-8H2,1-2H3,(H2,14,15,16,17). The molecule has 19 heavy (non-hydrogen) atoms. The van der Waals surface area contributed by atoms with Gasteiger partial charge in [0.1, 0.15) is 10.6 Å². The van der Waals surface area contributed by atoms with Crippen molar-refractivity contribution in [3.63, 3.8) is 0 Å². The molecule has 106 valence electrons. The topological polar surface area (TPSA) is 68.3 Å². The van der Waals surface area contributed by atoms with Gasteiger partial charge < -0.3 is 20.1 Å². The summed E-state index contributed by atoms with van der Waals surface area (Å²) in [5.74, 6) is 1.17. The third-order valence-corrected chi connectivity index (χ3v) is 3.43. The molecule has 1 unspecified atom stereocenters. The van der Waals surface area contributed by atoms with Gasteiger partial charge in [0.05, 0.1) is 12.8 Å². The van der Waals surface area contributed by atoms with Crippen LogP contribution in [0.4, 0.5) is 11.8 Å². The fourth-order valence-corrected chi connectivity index (χ4v) is 2.10. The summed E-state index contributed by atoms with van der Waals surface area (Å²) in [4.78, 5) is 8.42. The summed E-state index contributed by atoms with van der Waals surface area (Å²) < 4.78 is 10.9. The number of nitrogens with zero attached hydrogens (tertiary/aromatic N) is 2. The van der Waals surface area contributed by atoms with E-state index in [9.17, 15) is 0 Å². The average Bonchev–Trinajstić information content (AvgIpc) is 2.89. The molecule has 2 heterocycles. The summed E-state index contributed by atoms with van der Waals surface area (Å²) >= 11 is 6.08. The van der Waals surface area contributed by atoms with Crippen LogP contribution in [-0.2, 0) is 9.47 Å². The molecule has 1 aliphatic rings. The predicted molar refractivity (Wildman–Crippen MR) is 74.9 cm³/mol. The zero-order chi connectivity index (χ0) is 13.7. The van der Waals surface area contributed by atoms with Crippen LogP contribution in [0.2, 0.25) is 5.02 Å². The fourth-order valence-electron chi connectivity index (χ4n) is 1.94. The highest BCUT2D eigenvalue weighted by molar-refractivity contribution is 6.32. The van der Waals surface area contributed by atoms with Crippen LogP contribution < -0.4 is 10.6 Å². The molecule has 0 spiro atoms. The first-order chi connectivity index (χ1) is 9.19. The molecular formula is C12H19ClN4O2. The van der Waals surface area contributed by atoms with Gasteiger partial charge in [0.25, 0.3) is 0 Å². The molecular weight excluding hydrogens is 268 g/mol. The van der Waals surface area contributed by atoms with Gasteiger partial charge in [-0.05, 0) is 6.92 Å². The van der Waals surface area contributed by atoms with E-state index in [1.807, 2.05) is 6.92 Å². The molecule has 1 atom stereocenters. The number of nitrogens with one attached hydrogen (secondary N) is 2. The number of methoxy groups -OCH3 is 1. The number of hydrogen-bond acceptors (Lipinski definition) is 6. The van der Waals surface area contributed by atoms with Crippen molar-refractivity contribution < 1.29 is 9.47 Å². The van der Waals surface area contributed by atoms with E-state index in [2.05, 4.69) is 20.6 Å². The van der Waals surface area contributed by atoms with E-state index in [0.29, 0.717) is 29.9 Å². The second-order valence-corrected chi connectivity index (χ2v) is 4.87. The molecule has 0 saturated carbocycles. The van der Waals surface area contributed by atoms with Gasteiger partial charge in [-0.25, -0.2) is 4.98 Å². The van der Waals surface area contributed by atoms with Crippen molar-refractivity contribution in [2.24, 2.45) is 0 Å². The van der Waals surface area contributed by atoms with Gasteiger partial charge >= 0.3 is 0 Å². The van der Waals surface area contributed by atoms with Gasteiger partial charge in [0.2, 0.25) is 5.95 Å². The van der Waals surface area contributed by atoms with Crippen LogP contribution in [0.15, 0.2) is 6.20 Å². The third-order valence-electron chi connectivity index (χ3n) is 3.16. The van der Waals surface area contributed by atoms with E-state index in [0.717, 1.165) is 19.6 Å². The smallest absolute Gasteiger partial charge is 0.224 e. The van der Waals surface area contributed by atoms with Crippen LogP contribution in [0.3, 0.4) is 0 Å². The third kappa shape index (κ3) is 3.46. The quantitative estimate of drug-likeness (QED) is 0.831. The van der Waals surface area contributed by atoms with Crippen molar-refractivity contribution in [2.75, 3.05) is 44.0 Å². The Balaban J connectivity index is 2.03. The number of anilines is 2. The maximum absolute atomic E-state index is 6.08. The summed E-state index contributed by atoms with van der Waals surface area (Å²) in [5.41, 5.74) is -0.299. The molecule has 1 aliphatic heterocycles. The molecule has 0 aromatic carbocycles. The highest BCUT2D eigenvalue weighted by Gasteiger charge is 2.35. The van der Waals surface area contributed by atoms with E-state index in [4.69, 9.17) is 21.1 Å². The minimum absolute atomic E-state index is 0.299. The molecule has 1 aromatic heterocycles. The van der Waals surface area contributed by atoms with E-state index >= 15 is 0 Å². The van der Waals surface area contributed by atoms with Crippen molar-refractivity contribution in [2.45, 2.75) is 18.9 Å². The summed E-state index contributed by atoms with van der Waals surface area (Å²) in [6.07, 6.45) is 2.44. The minimum atomic E-state index is -0.299. The first-order valence-electron chi connectivity index (χ1n) is 6.32. The number of rotatable bonds is 6. The van der Waals surface area contributed by atoms with Crippen LogP contribution in [0.5, 0.6) is 0 Å². The van der Waals surface area contributed by atoms with E-state index in [1.165, 1.54) is 0 Å². The lowest BCUT2D eigenvalue weighted by atomic mass is 10.0. The highest BCUT2D eigenvalue weighted by Crippen LogP contribution is 2.25. The molecule has 1 fully saturated rings. The van der Waals surface area contributed by atoms with E-state index < -0.39 is 0 Å². The van der Waals surface area contributed by atoms with Crippen molar-refractivity contribution in [3.8, 4) is 0 Å². The Labute approximate surface area is 117 Å². The second-order valence-electron chi connectivity index (χ2n) is 4.46. The number of halogens is 1. The number of aromatic nitrogens is 2. The van der Waals surface area contributed by atoms with Crippen LogP contribution in [-0.4, -0.2) is 49.0 Å². The molecule has 2 rings (SSSR count). The van der Waals surface area contributed by atoms with Crippen molar-refractivity contribution in [3.05, 3.63) is 11.2 Å². The normalized spacial score (nSPS) is 22.5. The minimum Gasteiger partial charge on any atom is -0.378 e. The van der Waals surface area contributed by atoms with Gasteiger partial charge in [-0.15, -0.1) is 0 Å². The first kappa shape index (κ1) is 14.3. The van der Waals surface area contributed by atoms with E-state index in [-0.39, 0.29) is 5.60 Å². The van der Waals surface area contributed by atoms with E-state index in [1.54, 1.807) is 13.3 Å². The number of hydrogen-bond donors (Lipinski definition) is 2. The molecule has 0 bridgehead atoms. The van der Waals surface area contributed by atoms with Crippen LogP contribution in [0, 0.1) is 0 Å². The monoisotopic (exact) mass is 286 g/mol. The molecule has 0 aliphatic carbocycles. The lowest BCUT2D eigenvalue weighted by molar-refractivity contribution is -0.00625. The zero-order valence-corrected chi connectivity index (χ0v) is 12.0. The summed E-state index contributed by atoms with van der Waals surface area (Å²) in [7, 11) is 1.70. The van der Waals surface area contributed by atoms with Gasteiger partial charge in [0, 0.05) is 33.2 Å². The number of ether oxygens (including phenoxy) is 2. The Kier molecular flexibility index (Phi) is 4.79. The summed E-state index contributed by atoms with van der Waals surface area (Å²) in [6.45, 7) is 4.65. The molecule has 6 nitrogen and oxygen atoms in total. The van der Waals surface area contributed by atoms with Crippen LogP contribution in [0.25, 0.3) is 0 Å². The Morgan fingerprint density at radius 3 is 3.00 bits per heavy atom. The fraction of sp³-hybridized carbons (Fsp3) is 0.667. The lowest BCUT2D eigenvalue weighted by Crippen LogP contribution is -2.39. The predicted octanol–water partition coefficient (Wildman–Crippen LogP) is 1.78. The van der Waals surface area contributed by atoms with Crippen molar-refractivity contribution >= 4 is 23.4 Å². The maximum Gasteiger partial charge on any atom is 0.224 e. The molecule has 1 aromatic rings. The van der Waals surface area contributed by atoms with Gasteiger partial charge in [-0.2, -0.15) is 4.98 Å². The Morgan fingerprint density at radius 2 is 2.37 bits per heavy atom. The van der Waals surface area contributed by atoms with Gasteiger partial charge in [0.15, 0.2) is 5.82 Å². The molecule has 0 radical (unpaired) electrons.